The zero-order valence-corrected chi connectivity index (χ0v) is 17.2. The minimum atomic E-state index is -0.748. The summed E-state index contributed by atoms with van der Waals surface area (Å²) in [5, 5.41) is 17.0. The van der Waals surface area contributed by atoms with Crippen LogP contribution >= 0.6 is 0 Å². The van der Waals surface area contributed by atoms with Crippen molar-refractivity contribution in [3.63, 3.8) is 0 Å². The number of rotatable bonds is 7. The Hall–Kier alpha value is -2.96. The van der Waals surface area contributed by atoms with Crippen LogP contribution in [0.15, 0.2) is 30.3 Å². The van der Waals surface area contributed by atoms with E-state index in [4.69, 9.17) is 5.41 Å². The summed E-state index contributed by atoms with van der Waals surface area (Å²) in [6.45, 7) is 8.20. The average Bonchev–Trinajstić information content (AvgIpc) is 3.01. The lowest BCUT2D eigenvalue weighted by atomic mass is 9.92. The molecule has 0 unspecified atom stereocenters. The Morgan fingerprint density at radius 3 is 2.57 bits per heavy atom. The quantitative estimate of drug-likeness (QED) is 0.639. The summed E-state index contributed by atoms with van der Waals surface area (Å²) in [5.74, 6) is -0.676. The zero-order chi connectivity index (χ0) is 20.9. The first-order chi connectivity index (χ1) is 13.1. The molecule has 1 atom stereocenters. The first-order valence-electron chi connectivity index (χ1n) is 9.29. The summed E-state index contributed by atoms with van der Waals surface area (Å²) in [4.78, 5) is 25.4. The molecular weight excluding hydrogens is 354 g/mol. The molecule has 1 heterocycles. The Labute approximate surface area is 166 Å². The molecular formula is C21H29N5O2. The van der Waals surface area contributed by atoms with Crippen molar-refractivity contribution in [2.24, 2.45) is 7.05 Å². The predicted octanol–water partition coefficient (Wildman–Crippen LogP) is 2.13. The van der Waals surface area contributed by atoms with E-state index in [0.717, 1.165) is 23.0 Å². The summed E-state index contributed by atoms with van der Waals surface area (Å²) in [6.07, 6.45) is 1.47. The van der Waals surface area contributed by atoms with Crippen LogP contribution in [0.5, 0.6) is 0 Å². The van der Waals surface area contributed by atoms with Gasteiger partial charge in [-0.25, -0.2) is 0 Å². The first-order valence-corrected chi connectivity index (χ1v) is 9.29. The summed E-state index contributed by atoms with van der Waals surface area (Å²) in [6, 6.07) is 8.84. The van der Waals surface area contributed by atoms with E-state index in [1.54, 1.807) is 13.1 Å². The molecule has 2 aromatic rings. The second kappa shape index (κ2) is 8.82. The van der Waals surface area contributed by atoms with Gasteiger partial charge in [0.25, 0.3) is 5.91 Å². The van der Waals surface area contributed by atoms with Gasteiger partial charge >= 0.3 is 0 Å². The largest absolute Gasteiger partial charge is 0.349 e. The highest BCUT2D eigenvalue weighted by Crippen LogP contribution is 2.21. The van der Waals surface area contributed by atoms with Crippen LogP contribution in [-0.2, 0) is 23.7 Å². The van der Waals surface area contributed by atoms with Crippen molar-refractivity contribution < 1.29 is 9.59 Å². The number of hydrogen-bond donors (Lipinski definition) is 3. The zero-order valence-electron chi connectivity index (χ0n) is 17.2. The van der Waals surface area contributed by atoms with Crippen LogP contribution < -0.4 is 10.6 Å². The summed E-state index contributed by atoms with van der Waals surface area (Å²) < 4.78 is 1.54. The van der Waals surface area contributed by atoms with Gasteiger partial charge in [0.2, 0.25) is 5.91 Å². The molecule has 0 aliphatic heterocycles. The third-order valence-electron chi connectivity index (χ3n) is 4.40. The van der Waals surface area contributed by atoms with E-state index in [2.05, 4.69) is 15.7 Å². The van der Waals surface area contributed by atoms with Crippen molar-refractivity contribution in [3.05, 3.63) is 52.8 Å². The van der Waals surface area contributed by atoms with Gasteiger partial charge < -0.3 is 16.0 Å². The van der Waals surface area contributed by atoms with E-state index in [-0.39, 0.29) is 23.8 Å². The Morgan fingerprint density at radius 1 is 1.29 bits per heavy atom. The number of carbonyl (C=O) groups is 2. The van der Waals surface area contributed by atoms with Crippen LogP contribution in [0, 0.1) is 12.3 Å². The molecule has 7 heteroatoms. The van der Waals surface area contributed by atoms with Crippen LogP contribution in [-0.4, -0.2) is 40.4 Å². The molecule has 1 aromatic carbocycles. The third kappa shape index (κ3) is 5.52. The van der Waals surface area contributed by atoms with Gasteiger partial charge in [-0.2, -0.15) is 5.10 Å². The number of benzene rings is 1. The molecule has 0 bridgehead atoms. The molecule has 2 rings (SSSR count). The van der Waals surface area contributed by atoms with Gasteiger partial charge in [0.15, 0.2) is 0 Å². The molecule has 1 aromatic heterocycles. The number of carbonyl (C=O) groups excluding carboxylic acids is 2. The first kappa shape index (κ1) is 21.3. The molecule has 3 N–H and O–H groups in total. The Balaban J connectivity index is 2.23. The van der Waals surface area contributed by atoms with E-state index in [0.29, 0.717) is 12.1 Å². The minimum absolute atomic E-state index is 0.124. The van der Waals surface area contributed by atoms with E-state index < -0.39 is 6.04 Å². The van der Waals surface area contributed by atoms with Gasteiger partial charge in [-0.1, -0.05) is 50.6 Å². The van der Waals surface area contributed by atoms with Crippen LogP contribution in [0.3, 0.4) is 0 Å². The fraction of sp³-hybridized carbons (Fsp3) is 0.429. The molecule has 0 aliphatic rings. The van der Waals surface area contributed by atoms with Crippen LogP contribution in [0.25, 0.3) is 0 Å². The Kier molecular flexibility index (Phi) is 6.72. The van der Waals surface area contributed by atoms with Crippen molar-refractivity contribution in [3.8, 4) is 0 Å². The van der Waals surface area contributed by atoms with E-state index in [9.17, 15) is 9.59 Å². The molecule has 7 nitrogen and oxygen atoms in total. The highest BCUT2D eigenvalue weighted by atomic mass is 16.2. The number of hydrogen-bond acceptors (Lipinski definition) is 4. The molecule has 0 radical (unpaired) electrons. The van der Waals surface area contributed by atoms with Gasteiger partial charge in [0.05, 0.1) is 12.2 Å². The lowest BCUT2D eigenvalue weighted by Gasteiger charge is -2.18. The summed E-state index contributed by atoms with van der Waals surface area (Å²) >= 11 is 0. The highest BCUT2D eigenvalue weighted by molar-refractivity contribution is 5.96. The standard InChI is InChI=1S/C21H29N5O2/c1-14-7-6-8-15(11-14)12-16(19(27)23-10-9-22)24-20(28)17-13-18(21(2,3)4)25-26(17)5/h6-9,11,13,16,22H,10,12H2,1-5H3,(H,23,27)(H,24,28)/t16-/m0/s1. The van der Waals surface area contributed by atoms with Gasteiger partial charge in [0, 0.05) is 25.1 Å². The molecule has 28 heavy (non-hydrogen) atoms. The number of amides is 2. The molecule has 2 amide bonds. The molecule has 150 valence electrons. The SMILES string of the molecule is Cc1cccc(C[C@H](NC(=O)c2cc(C(C)(C)C)nn2C)C(=O)NCC=N)c1. The lowest BCUT2D eigenvalue weighted by molar-refractivity contribution is -0.122. The monoisotopic (exact) mass is 383 g/mol. The summed E-state index contributed by atoms with van der Waals surface area (Å²) in [5.41, 5.74) is 3.07. The topological polar surface area (TPSA) is 99.9 Å². The minimum Gasteiger partial charge on any atom is -0.349 e. The third-order valence-corrected chi connectivity index (χ3v) is 4.40. The van der Waals surface area contributed by atoms with Gasteiger partial charge in [-0.15, -0.1) is 0 Å². The van der Waals surface area contributed by atoms with Crippen molar-refractivity contribution in [1.29, 1.82) is 5.41 Å². The Morgan fingerprint density at radius 2 is 2.00 bits per heavy atom. The second-order valence-electron chi connectivity index (χ2n) is 7.96. The number of aryl methyl sites for hydroxylation is 2. The molecule has 0 saturated heterocycles. The molecule has 0 saturated carbocycles. The van der Waals surface area contributed by atoms with Crippen molar-refractivity contribution in [2.75, 3.05) is 6.54 Å². The second-order valence-corrected chi connectivity index (χ2v) is 7.96. The van der Waals surface area contributed by atoms with E-state index in [1.807, 2.05) is 52.0 Å². The van der Waals surface area contributed by atoms with Gasteiger partial charge in [0.1, 0.15) is 11.7 Å². The van der Waals surface area contributed by atoms with Gasteiger partial charge in [-0.3, -0.25) is 14.3 Å². The lowest BCUT2D eigenvalue weighted by Crippen LogP contribution is -2.48. The van der Waals surface area contributed by atoms with E-state index in [1.165, 1.54) is 4.68 Å². The maximum Gasteiger partial charge on any atom is 0.270 e. The summed E-state index contributed by atoms with van der Waals surface area (Å²) in [7, 11) is 1.72. The maximum absolute atomic E-state index is 12.9. The predicted molar refractivity (Wildman–Crippen MR) is 110 cm³/mol. The number of aromatic nitrogens is 2. The maximum atomic E-state index is 12.9. The number of nitrogens with zero attached hydrogens (tertiary/aromatic N) is 2. The Bertz CT molecular complexity index is 864. The smallest absolute Gasteiger partial charge is 0.270 e. The normalized spacial score (nSPS) is 12.3. The molecule has 0 spiro atoms. The van der Waals surface area contributed by atoms with Gasteiger partial charge in [-0.05, 0) is 18.6 Å². The fourth-order valence-electron chi connectivity index (χ4n) is 2.84. The fourth-order valence-corrected chi connectivity index (χ4v) is 2.84. The van der Waals surface area contributed by atoms with Crippen LogP contribution in [0.4, 0.5) is 0 Å². The van der Waals surface area contributed by atoms with Crippen molar-refractivity contribution in [2.45, 2.75) is 45.6 Å². The van der Waals surface area contributed by atoms with Crippen molar-refractivity contribution >= 4 is 18.0 Å². The highest BCUT2D eigenvalue weighted by Gasteiger charge is 2.25. The molecule has 0 aliphatic carbocycles. The van der Waals surface area contributed by atoms with Crippen molar-refractivity contribution in [1.82, 2.24) is 20.4 Å². The van der Waals surface area contributed by atoms with Crippen LogP contribution in [0.2, 0.25) is 0 Å². The van der Waals surface area contributed by atoms with E-state index >= 15 is 0 Å². The number of nitrogens with one attached hydrogen (secondary N) is 3. The molecule has 0 fully saturated rings. The van der Waals surface area contributed by atoms with Crippen LogP contribution in [0.1, 0.15) is 48.1 Å². The average molecular weight is 383 g/mol.